The van der Waals surface area contributed by atoms with Gasteiger partial charge >= 0.3 is 0 Å². The van der Waals surface area contributed by atoms with Crippen molar-refractivity contribution < 1.29 is 14.3 Å². The van der Waals surface area contributed by atoms with Crippen LogP contribution in [0.4, 0.5) is 0 Å². The highest BCUT2D eigenvalue weighted by Crippen LogP contribution is 2.25. The Morgan fingerprint density at radius 3 is 2.53 bits per heavy atom. The Morgan fingerprint density at radius 1 is 1.24 bits per heavy atom. The Kier molecular flexibility index (Phi) is 3.57. The maximum absolute atomic E-state index is 12.1. The van der Waals surface area contributed by atoms with E-state index in [-0.39, 0.29) is 11.6 Å². The Bertz CT molecular complexity index is 420. The molecule has 1 fully saturated rings. The zero-order valence-electron chi connectivity index (χ0n) is 9.94. The summed E-state index contributed by atoms with van der Waals surface area (Å²) in [6, 6.07) is 6.95. The highest BCUT2D eigenvalue weighted by atomic mass is 16.5. The van der Waals surface area contributed by atoms with Gasteiger partial charge in [-0.1, -0.05) is 6.42 Å². The Hall–Kier alpha value is -1.64. The lowest BCUT2D eigenvalue weighted by Gasteiger charge is -2.19. The van der Waals surface area contributed by atoms with Crippen molar-refractivity contribution in [1.82, 2.24) is 0 Å². The van der Waals surface area contributed by atoms with Crippen molar-refractivity contribution in [1.29, 1.82) is 0 Å². The van der Waals surface area contributed by atoms with Gasteiger partial charge in [0.05, 0.1) is 13.0 Å². The SMILES string of the molecule is COc1ccc(C(=O)[C@@H]2CCCCC2=O)cc1. The Balaban J connectivity index is 2.15. The van der Waals surface area contributed by atoms with Crippen LogP contribution < -0.4 is 4.74 Å². The molecule has 0 spiro atoms. The molecule has 0 aliphatic heterocycles. The van der Waals surface area contributed by atoms with Gasteiger partial charge in [-0.15, -0.1) is 0 Å². The molecule has 0 radical (unpaired) electrons. The summed E-state index contributed by atoms with van der Waals surface area (Å²) in [5.41, 5.74) is 0.603. The fourth-order valence-electron chi connectivity index (χ4n) is 2.22. The number of ether oxygens (including phenoxy) is 1. The van der Waals surface area contributed by atoms with Crippen LogP contribution in [0.5, 0.6) is 5.75 Å². The molecule has 90 valence electrons. The van der Waals surface area contributed by atoms with Crippen molar-refractivity contribution in [2.75, 3.05) is 7.11 Å². The van der Waals surface area contributed by atoms with Crippen LogP contribution in [0.1, 0.15) is 36.0 Å². The topological polar surface area (TPSA) is 43.4 Å². The smallest absolute Gasteiger partial charge is 0.173 e. The lowest BCUT2D eigenvalue weighted by molar-refractivity contribution is -0.122. The number of ketones is 2. The molecule has 17 heavy (non-hydrogen) atoms. The summed E-state index contributed by atoms with van der Waals surface area (Å²) in [5, 5.41) is 0. The number of benzene rings is 1. The molecule has 0 heterocycles. The lowest BCUT2D eigenvalue weighted by Crippen LogP contribution is -2.27. The van der Waals surface area contributed by atoms with Crippen LogP contribution >= 0.6 is 0 Å². The van der Waals surface area contributed by atoms with E-state index < -0.39 is 5.92 Å². The van der Waals surface area contributed by atoms with Gasteiger partial charge in [-0.25, -0.2) is 0 Å². The van der Waals surface area contributed by atoms with Gasteiger partial charge < -0.3 is 4.74 Å². The van der Waals surface area contributed by atoms with Gasteiger partial charge in [0.1, 0.15) is 11.5 Å². The molecule has 1 aliphatic carbocycles. The number of hydrogen-bond donors (Lipinski definition) is 0. The highest BCUT2D eigenvalue weighted by Gasteiger charge is 2.29. The Labute approximate surface area is 101 Å². The van der Waals surface area contributed by atoms with Gasteiger partial charge in [0.2, 0.25) is 0 Å². The zero-order chi connectivity index (χ0) is 12.3. The molecule has 0 amide bonds. The standard InChI is InChI=1S/C14H16O3/c1-17-11-8-6-10(7-9-11)14(16)12-4-2-3-5-13(12)15/h6-9,12H,2-5H2,1H3/t12-/m1/s1. The third-order valence-electron chi connectivity index (χ3n) is 3.25. The minimum absolute atomic E-state index is 0.0441. The number of methoxy groups -OCH3 is 1. The maximum Gasteiger partial charge on any atom is 0.173 e. The third-order valence-corrected chi connectivity index (χ3v) is 3.25. The fraction of sp³-hybridized carbons (Fsp3) is 0.429. The summed E-state index contributed by atoms with van der Waals surface area (Å²) in [4.78, 5) is 23.8. The minimum atomic E-state index is -0.419. The lowest BCUT2D eigenvalue weighted by atomic mass is 9.83. The number of carbonyl (C=O) groups is 2. The van der Waals surface area contributed by atoms with Crippen LogP contribution in [0.2, 0.25) is 0 Å². The van der Waals surface area contributed by atoms with Crippen molar-refractivity contribution in [3.8, 4) is 5.75 Å². The summed E-state index contributed by atoms with van der Waals surface area (Å²) < 4.78 is 5.04. The molecule has 2 rings (SSSR count). The highest BCUT2D eigenvalue weighted by molar-refractivity contribution is 6.10. The molecule has 1 atom stereocenters. The Morgan fingerprint density at radius 2 is 1.94 bits per heavy atom. The molecule has 3 heteroatoms. The van der Waals surface area contributed by atoms with E-state index in [0.717, 1.165) is 18.6 Å². The predicted molar refractivity (Wildman–Crippen MR) is 64.3 cm³/mol. The molecular formula is C14H16O3. The second-order valence-corrected chi connectivity index (χ2v) is 4.36. The van der Waals surface area contributed by atoms with E-state index in [4.69, 9.17) is 4.74 Å². The summed E-state index contributed by atoms with van der Waals surface area (Å²) in [5.74, 6) is 0.350. The minimum Gasteiger partial charge on any atom is -0.497 e. The largest absolute Gasteiger partial charge is 0.497 e. The summed E-state index contributed by atoms with van der Waals surface area (Å²) in [6.45, 7) is 0. The van der Waals surface area contributed by atoms with Crippen LogP contribution in [-0.2, 0) is 4.79 Å². The summed E-state index contributed by atoms with van der Waals surface area (Å²) in [6.07, 6.45) is 3.14. The molecule has 0 N–H and O–H groups in total. The van der Waals surface area contributed by atoms with E-state index >= 15 is 0 Å². The maximum atomic E-state index is 12.1. The van der Waals surface area contributed by atoms with Crippen LogP contribution in [0, 0.1) is 5.92 Å². The van der Waals surface area contributed by atoms with Gasteiger partial charge in [-0.2, -0.15) is 0 Å². The zero-order valence-corrected chi connectivity index (χ0v) is 9.94. The molecule has 3 nitrogen and oxygen atoms in total. The second-order valence-electron chi connectivity index (χ2n) is 4.36. The molecule has 0 bridgehead atoms. The fourth-order valence-corrected chi connectivity index (χ4v) is 2.22. The normalized spacial score (nSPS) is 20.1. The monoisotopic (exact) mass is 232 g/mol. The first-order chi connectivity index (χ1) is 8.22. The number of rotatable bonds is 3. The average molecular weight is 232 g/mol. The molecule has 0 aromatic heterocycles. The van der Waals surface area contributed by atoms with Crippen LogP contribution in [0.15, 0.2) is 24.3 Å². The molecule has 1 saturated carbocycles. The van der Waals surface area contributed by atoms with Crippen molar-refractivity contribution in [2.24, 2.45) is 5.92 Å². The van der Waals surface area contributed by atoms with Crippen molar-refractivity contribution in [3.05, 3.63) is 29.8 Å². The van der Waals surface area contributed by atoms with Crippen molar-refractivity contribution in [3.63, 3.8) is 0 Å². The molecule has 0 saturated heterocycles. The van der Waals surface area contributed by atoms with E-state index in [9.17, 15) is 9.59 Å². The molecule has 1 aromatic carbocycles. The molecular weight excluding hydrogens is 216 g/mol. The first-order valence-corrected chi connectivity index (χ1v) is 5.93. The molecule has 1 aromatic rings. The van der Waals surface area contributed by atoms with Gasteiger partial charge in [0, 0.05) is 12.0 Å². The predicted octanol–water partition coefficient (Wildman–Crippen LogP) is 2.64. The molecule has 0 unspecified atom stereocenters. The van der Waals surface area contributed by atoms with Crippen LogP contribution in [0.25, 0.3) is 0 Å². The van der Waals surface area contributed by atoms with Crippen LogP contribution in [-0.4, -0.2) is 18.7 Å². The van der Waals surface area contributed by atoms with Crippen molar-refractivity contribution in [2.45, 2.75) is 25.7 Å². The number of carbonyl (C=O) groups excluding carboxylic acids is 2. The van der Waals surface area contributed by atoms with Crippen molar-refractivity contribution >= 4 is 11.6 Å². The quantitative estimate of drug-likeness (QED) is 0.594. The molecule has 1 aliphatic rings. The number of hydrogen-bond acceptors (Lipinski definition) is 3. The van der Waals surface area contributed by atoms with Gasteiger partial charge in [-0.3, -0.25) is 9.59 Å². The van der Waals surface area contributed by atoms with E-state index in [1.54, 1.807) is 31.4 Å². The summed E-state index contributed by atoms with van der Waals surface area (Å²) in [7, 11) is 1.58. The summed E-state index contributed by atoms with van der Waals surface area (Å²) >= 11 is 0. The van der Waals surface area contributed by atoms with Crippen LogP contribution in [0.3, 0.4) is 0 Å². The first kappa shape index (κ1) is 11.8. The van der Waals surface area contributed by atoms with Gasteiger partial charge in [-0.05, 0) is 37.1 Å². The van der Waals surface area contributed by atoms with E-state index in [0.29, 0.717) is 18.4 Å². The van der Waals surface area contributed by atoms with Gasteiger partial charge in [0.25, 0.3) is 0 Å². The average Bonchev–Trinajstić information content (AvgIpc) is 2.39. The first-order valence-electron chi connectivity index (χ1n) is 5.93. The van der Waals surface area contributed by atoms with Gasteiger partial charge in [0.15, 0.2) is 5.78 Å². The van der Waals surface area contributed by atoms with E-state index in [1.807, 2.05) is 0 Å². The number of Topliss-reactive ketones (excluding diaryl/α,β-unsaturated/α-hetero) is 2. The second kappa shape index (κ2) is 5.13. The third kappa shape index (κ3) is 2.54. The van der Waals surface area contributed by atoms with E-state index in [2.05, 4.69) is 0 Å². The van der Waals surface area contributed by atoms with E-state index in [1.165, 1.54) is 0 Å².